The SMILES string of the molecule is O=C(COC(=O)c1ccc(I)cc1)Nc1ccc(OC(F)F)cc1. The normalized spacial score (nSPS) is 10.3. The van der Waals surface area contributed by atoms with Crippen molar-refractivity contribution in [2.45, 2.75) is 6.61 Å². The Labute approximate surface area is 150 Å². The summed E-state index contributed by atoms with van der Waals surface area (Å²) in [6, 6.07) is 12.1. The molecule has 0 aliphatic rings. The first-order valence-corrected chi connectivity index (χ1v) is 7.79. The van der Waals surface area contributed by atoms with Crippen LogP contribution in [0.15, 0.2) is 48.5 Å². The lowest BCUT2D eigenvalue weighted by atomic mass is 10.2. The van der Waals surface area contributed by atoms with Gasteiger partial charge in [0, 0.05) is 9.26 Å². The number of carbonyl (C=O) groups excluding carboxylic acids is 2. The Morgan fingerprint density at radius 2 is 1.67 bits per heavy atom. The van der Waals surface area contributed by atoms with E-state index in [-0.39, 0.29) is 5.75 Å². The third kappa shape index (κ3) is 5.76. The highest BCUT2D eigenvalue weighted by atomic mass is 127. The van der Waals surface area contributed by atoms with Gasteiger partial charge in [-0.1, -0.05) is 0 Å². The Morgan fingerprint density at radius 3 is 2.25 bits per heavy atom. The molecule has 0 heterocycles. The van der Waals surface area contributed by atoms with E-state index < -0.39 is 25.1 Å². The van der Waals surface area contributed by atoms with Gasteiger partial charge in [-0.05, 0) is 71.1 Å². The third-order valence-electron chi connectivity index (χ3n) is 2.78. The van der Waals surface area contributed by atoms with E-state index >= 15 is 0 Å². The van der Waals surface area contributed by atoms with Crippen molar-refractivity contribution in [2.75, 3.05) is 11.9 Å². The maximum absolute atomic E-state index is 12.0. The molecule has 1 N–H and O–H groups in total. The lowest BCUT2D eigenvalue weighted by molar-refractivity contribution is -0.119. The van der Waals surface area contributed by atoms with E-state index in [4.69, 9.17) is 4.74 Å². The number of amides is 1. The van der Waals surface area contributed by atoms with Crippen LogP contribution in [0, 0.1) is 3.57 Å². The molecule has 2 rings (SSSR count). The topological polar surface area (TPSA) is 64.6 Å². The molecule has 126 valence electrons. The van der Waals surface area contributed by atoms with Gasteiger partial charge < -0.3 is 14.8 Å². The molecule has 0 atom stereocenters. The van der Waals surface area contributed by atoms with Gasteiger partial charge in [0.2, 0.25) is 0 Å². The van der Waals surface area contributed by atoms with Crippen molar-refractivity contribution in [3.63, 3.8) is 0 Å². The van der Waals surface area contributed by atoms with Crippen LogP contribution in [0.4, 0.5) is 14.5 Å². The molecule has 8 heteroatoms. The standard InChI is InChI=1S/C16H12F2INO4/c17-16(18)24-13-7-5-12(6-8-13)20-14(21)9-23-15(22)10-1-3-11(19)4-2-10/h1-8,16H,9H2,(H,20,21). The maximum Gasteiger partial charge on any atom is 0.387 e. The fourth-order valence-corrected chi connectivity index (χ4v) is 2.08. The molecule has 0 radical (unpaired) electrons. The molecule has 0 aliphatic carbocycles. The number of benzene rings is 2. The lowest BCUT2D eigenvalue weighted by Gasteiger charge is -2.08. The Bertz CT molecular complexity index is 705. The smallest absolute Gasteiger partial charge is 0.387 e. The average Bonchev–Trinajstić information content (AvgIpc) is 2.54. The average molecular weight is 447 g/mol. The summed E-state index contributed by atoms with van der Waals surface area (Å²) in [5.74, 6) is -1.17. The zero-order valence-corrected chi connectivity index (χ0v) is 14.3. The van der Waals surface area contributed by atoms with E-state index in [0.717, 1.165) is 3.57 Å². The largest absolute Gasteiger partial charge is 0.452 e. The molecule has 0 aromatic heterocycles. The predicted octanol–water partition coefficient (Wildman–Crippen LogP) is 3.69. The van der Waals surface area contributed by atoms with Crippen molar-refractivity contribution in [3.8, 4) is 5.75 Å². The van der Waals surface area contributed by atoms with Gasteiger partial charge in [0.1, 0.15) is 5.75 Å². The molecule has 0 bridgehead atoms. The van der Waals surface area contributed by atoms with Crippen LogP contribution in [0.5, 0.6) is 5.75 Å². The monoisotopic (exact) mass is 447 g/mol. The minimum absolute atomic E-state index is 0.0202. The number of carbonyl (C=O) groups is 2. The molecular formula is C16H12F2INO4. The third-order valence-corrected chi connectivity index (χ3v) is 3.50. The van der Waals surface area contributed by atoms with Gasteiger partial charge in [0.15, 0.2) is 6.61 Å². The summed E-state index contributed by atoms with van der Waals surface area (Å²) in [6.07, 6.45) is 0. The molecule has 2 aromatic rings. The Hall–Kier alpha value is -2.23. The highest BCUT2D eigenvalue weighted by Crippen LogP contribution is 2.17. The molecule has 0 saturated carbocycles. The van der Waals surface area contributed by atoms with E-state index in [0.29, 0.717) is 11.3 Å². The van der Waals surface area contributed by atoms with E-state index in [1.807, 2.05) is 0 Å². The molecule has 0 fully saturated rings. The van der Waals surface area contributed by atoms with Crippen molar-refractivity contribution in [1.29, 1.82) is 0 Å². The van der Waals surface area contributed by atoms with E-state index in [9.17, 15) is 18.4 Å². The number of ether oxygens (including phenoxy) is 2. The maximum atomic E-state index is 12.0. The van der Waals surface area contributed by atoms with Gasteiger partial charge in [-0.3, -0.25) is 4.79 Å². The van der Waals surface area contributed by atoms with Crippen molar-refractivity contribution in [3.05, 3.63) is 57.7 Å². The number of hydrogen-bond donors (Lipinski definition) is 1. The van der Waals surface area contributed by atoms with Crippen LogP contribution in [-0.2, 0) is 9.53 Å². The number of esters is 1. The summed E-state index contributed by atoms with van der Waals surface area (Å²) in [5.41, 5.74) is 0.712. The fourth-order valence-electron chi connectivity index (χ4n) is 1.72. The minimum atomic E-state index is -2.91. The van der Waals surface area contributed by atoms with Gasteiger partial charge in [-0.15, -0.1) is 0 Å². The van der Waals surface area contributed by atoms with Crippen molar-refractivity contribution in [2.24, 2.45) is 0 Å². The zero-order valence-electron chi connectivity index (χ0n) is 12.2. The highest BCUT2D eigenvalue weighted by Gasteiger charge is 2.10. The molecule has 5 nitrogen and oxygen atoms in total. The van der Waals surface area contributed by atoms with Crippen LogP contribution in [0.25, 0.3) is 0 Å². The number of anilines is 1. The molecule has 0 spiro atoms. The van der Waals surface area contributed by atoms with Gasteiger partial charge >= 0.3 is 12.6 Å². The summed E-state index contributed by atoms with van der Waals surface area (Å²) < 4.78 is 34.1. The second-order valence-corrected chi connectivity index (χ2v) is 5.78. The summed E-state index contributed by atoms with van der Waals surface area (Å²) in [5, 5.41) is 2.48. The quantitative estimate of drug-likeness (QED) is 0.542. The van der Waals surface area contributed by atoms with Crippen LogP contribution >= 0.6 is 22.6 Å². The van der Waals surface area contributed by atoms with Crippen LogP contribution in [0.1, 0.15) is 10.4 Å². The second-order valence-electron chi connectivity index (χ2n) is 4.53. The number of halogens is 3. The van der Waals surface area contributed by atoms with E-state index in [1.165, 1.54) is 24.3 Å². The predicted molar refractivity (Wildman–Crippen MR) is 91.1 cm³/mol. The number of hydrogen-bond acceptors (Lipinski definition) is 4. The van der Waals surface area contributed by atoms with Crippen LogP contribution in [-0.4, -0.2) is 25.1 Å². The van der Waals surface area contributed by atoms with Gasteiger partial charge in [-0.25, -0.2) is 4.79 Å². The minimum Gasteiger partial charge on any atom is -0.452 e. The Morgan fingerprint density at radius 1 is 1.04 bits per heavy atom. The van der Waals surface area contributed by atoms with Gasteiger partial charge in [0.05, 0.1) is 5.56 Å². The van der Waals surface area contributed by atoms with E-state index in [1.54, 1.807) is 24.3 Å². The first kappa shape index (κ1) is 18.1. The zero-order chi connectivity index (χ0) is 17.5. The fraction of sp³-hybridized carbons (Fsp3) is 0.125. The van der Waals surface area contributed by atoms with Crippen molar-refractivity contribution < 1.29 is 27.8 Å². The Balaban J connectivity index is 1.82. The Kier molecular flexibility index (Phi) is 6.47. The lowest BCUT2D eigenvalue weighted by Crippen LogP contribution is -2.20. The first-order chi connectivity index (χ1) is 11.4. The summed E-state index contributed by atoms with van der Waals surface area (Å²) in [7, 11) is 0. The molecule has 0 saturated heterocycles. The number of nitrogens with one attached hydrogen (secondary N) is 1. The summed E-state index contributed by atoms with van der Waals surface area (Å²) in [4.78, 5) is 23.5. The molecule has 24 heavy (non-hydrogen) atoms. The van der Waals surface area contributed by atoms with Crippen LogP contribution < -0.4 is 10.1 Å². The summed E-state index contributed by atoms with van der Waals surface area (Å²) >= 11 is 2.11. The van der Waals surface area contributed by atoms with Gasteiger partial charge in [-0.2, -0.15) is 8.78 Å². The highest BCUT2D eigenvalue weighted by molar-refractivity contribution is 14.1. The van der Waals surface area contributed by atoms with Gasteiger partial charge in [0.25, 0.3) is 5.91 Å². The number of rotatable bonds is 6. The number of alkyl halides is 2. The molecule has 0 aliphatic heterocycles. The first-order valence-electron chi connectivity index (χ1n) is 6.71. The van der Waals surface area contributed by atoms with E-state index in [2.05, 4.69) is 32.6 Å². The molecule has 1 amide bonds. The molecular weight excluding hydrogens is 435 g/mol. The van der Waals surface area contributed by atoms with Crippen LogP contribution in [0.2, 0.25) is 0 Å². The van der Waals surface area contributed by atoms with Crippen molar-refractivity contribution in [1.82, 2.24) is 0 Å². The van der Waals surface area contributed by atoms with Crippen LogP contribution in [0.3, 0.4) is 0 Å². The molecule has 0 unspecified atom stereocenters. The molecule has 2 aromatic carbocycles. The van der Waals surface area contributed by atoms with Crippen molar-refractivity contribution >= 4 is 40.2 Å². The second kappa shape index (κ2) is 8.57. The summed E-state index contributed by atoms with van der Waals surface area (Å²) in [6.45, 7) is -3.37.